The molecule has 0 aliphatic heterocycles. The Hall–Kier alpha value is -0.820. The van der Waals surface area contributed by atoms with Crippen molar-refractivity contribution >= 4 is 22.5 Å². The minimum Gasteiger partial charge on any atom is -0.143 e. The third kappa shape index (κ3) is 10.9. The summed E-state index contributed by atoms with van der Waals surface area (Å²) in [7, 11) is 0. The Kier molecular flexibility index (Phi) is 17.0. The molecule has 0 nitrogen and oxygen atoms in total. The van der Waals surface area contributed by atoms with E-state index in [1.54, 1.807) is 20.9 Å². The average Bonchev–Trinajstić information content (AvgIpc) is 3.09. The van der Waals surface area contributed by atoms with Crippen LogP contribution in [0.1, 0.15) is 143 Å². The highest BCUT2D eigenvalue weighted by Crippen LogP contribution is 2.27. The van der Waals surface area contributed by atoms with E-state index < -0.39 is 0 Å². The quantitative estimate of drug-likeness (QED) is 0.229. The molecule has 184 valence electrons. The summed E-state index contributed by atoms with van der Waals surface area (Å²) in [6.07, 6.45) is 26.9. The molecular formula is C31H54S. The summed E-state index contributed by atoms with van der Waals surface area (Å²) in [4.78, 5) is 0. The maximum atomic E-state index is 2.46. The second-order valence-corrected chi connectivity index (χ2v) is 10.8. The molecule has 0 saturated heterocycles. The number of unbranched alkanes of at least 4 members (excludes halogenated alkanes) is 10. The van der Waals surface area contributed by atoms with Crippen LogP contribution in [0.3, 0.4) is 0 Å². The lowest BCUT2D eigenvalue weighted by molar-refractivity contribution is 0.500. The van der Waals surface area contributed by atoms with E-state index in [9.17, 15) is 0 Å². The lowest BCUT2D eigenvalue weighted by atomic mass is 9.88. The summed E-state index contributed by atoms with van der Waals surface area (Å²) in [5, 5.41) is 3.91. The largest absolute Gasteiger partial charge is 0.143 e. The first-order valence-corrected chi connectivity index (χ1v) is 14.9. The highest BCUT2D eigenvalue weighted by molar-refractivity contribution is 7.08. The minimum atomic E-state index is 0.755. The van der Waals surface area contributed by atoms with Crippen molar-refractivity contribution in [3.05, 3.63) is 32.8 Å². The summed E-state index contributed by atoms with van der Waals surface area (Å²) in [6, 6.07) is 0. The maximum Gasteiger partial charge on any atom is 0.0379 e. The fraction of sp³-hybridized carbons (Fsp3) is 0.742. The number of thiophene rings is 1. The van der Waals surface area contributed by atoms with E-state index in [4.69, 9.17) is 0 Å². The molecule has 1 aliphatic carbocycles. The van der Waals surface area contributed by atoms with Crippen molar-refractivity contribution in [2.45, 2.75) is 144 Å². The van der Waals surface area contributed by atoms with Crippen molar-refractivity contribution in [3.63, 3.8) is 0 Å². The van der Waals surface area contributed by atoms with Crippen LogP contribution in [0.25, 0.3) is 11.1 Å². The summed E-state index contributed by atoms with van der Waals surface area (Å²) in [5.74, 6) is 0.755. The van der Waals surface area contributed by atoms with Crippen LogP contribution in [0.4, 0.5) is 0 Å². The molecule has 0 radical (unpaired) electrons. The van der Waals surface area contributed by atoms with Gasteiger partial charge in [0, 0.05) is 4.53 Å². The highest BCUT2D eigenvalue weighted by Gasteiger charge is 2.16. The van der Waals surface area contributed by atoms with Gasteiger partial charge in [-0.2, -0.15) is 0 Å². The monoisotopic (exact) mass is 458 g/mol. The lowest BCUT2D eigenvalue weighted by Crippen LogP contribution is -2.26. The molecule has 0 amide bonds. The molecule has 1 aromatic heterocycles. The van der Waals surface area contributed by atoms with Crippen molar-refractivity contribution in [2.75, 3.05) is 0 Å². The minimum absolute atomic E-state index is 0.755. The fourth-order valence-electron chi connectivity index (χ4n) is 4.80. The third-order valence-electron chi connectivity index (χ3n) is 6.84. The topological polar surface area (TPSA) is 0 Å². The van der Waals surface area contributed by atoms with Crippen molar-refractivity contribution in [1.82, 2.24) is 0 Å². The molecule has 1 heteroatoms. The molecule has 0 aromatic carbocycles. The van der Waals surface area contributed by atoms with Gasteiger partial charge < -0.3 is 0 Å². The lowest BCUT2D eigenvalue weighted by Gasteiger charge is -2.18. The Labute approximate surface area is 205 Å². The van der Waals surface area contributed by atoms with E-state index >= 15 is 0 Å². The first kappa shape index (κ1) is 29.2. The van der Waals surface area contributed by atoms with Crippen molar-refractivity contribution in [1.29, 1.82) is 0 Å². The molecule has 1 aliphatic rings. The highest BCUT2D eigenvalue weighted by atomic mass is 32.1. The number of allylic oxidation sites excluding steroid dienone is 2. The Morgan fingerprint density at radius 2 is 1.25 bits per heavy atom. The number of aryl methyl sites for hydroxylation is 1. The summed E-state index contributed by atoms with van der Waals surface area (Å²) in [5.41, 5.74) is 4.65. The molecule has 1 unspecified atom stereocenters. The van der Waals surface area contributed by atoms with Gasteiger partial charge in [0.25, 0.3) is 0 Å². The van der Waals surface area contributed by atoms with E-state index in [2.05, 4.69) is 59.1 Å². The Bertz CT molecular complexity index is 725. The number of rotatable bonds is 15. The van der Waals surface area contributed by atoms with Gasteiger partial charge in [0.05, 0.1) is 0 Å². The summed E-state index contributed by atoms with van der Waals surface area (Å²) < 4.78 is 1.57. The van der Waals surface area contributed by atoms with Crippen LogP contribution < -0.4 is 9.75 Å². The van der Waals surface area contributed by atoms with Crippen LogP contribution in [0.5, 0.6) is 0 Å². The molecule has 32 heavy (non-hydrogen) atoms. The van der Waals surface area contributed by atoms with Crippen LogP contribution >= 0.6 is 11.3 Å². The molecule has 1 aromatic rings. The first-order valence-electron chi connectivity index (χ1n) is 14.0. The molecule has 0 N–H and O–H groups in total. The van der Waals surface area contributed by atoms with Crippen LogP contribution in [0.2, 0.25) is 0 Å². The van der Waals surface area contributed by atoms with Gasteiger partial charge >= 0.3 is 0 Å². The van der Waals surface area contributed by atoms with Crippen molar-refractivity contribution in [3.8, 4) is 0 Å². The molecule has 1 atom stereocenters. The van der Waals surface area contributed by atoms with Crippen LogP contribution in [-0.4, -0.2) is 0 Å². The Morgan fingerprint density at radius 1 is 0.719 bits per heavy atom. The van der Waals surface area contributed by atoms with Gasteiger partial charge in [0.1, 0.15) is 0 Å². The first-order chi connectivity index (χ1) is 15.6. The predicted octanol–water partition coefficient (Wildman–Crippen LogP) is 9.87. The van der Waals surface area contributed by atoms with Crippen molar-refractivity contribution < 1.29 is 0 Å². The van der Waals surface area contributed by atoms with Gasteiger partial charge in [0.15, 0.2) is 0 Å². The average molecular weight is 459 g/mol. The predicted molar refractivity (Wildman–Crippen MR) is 150 cm³/mol. The standard InChI is InChI=1S/C21H32S.C10H22/c1-5-7-9-13-18(12-8-6-2)19-14-10-11-16(3)20-17(4)15-22-21(19)20;1-3-5-7-9-10-8-6-4-2/h10,14-15,18H,5-9,11-13H2,1-4H3;3-10H2,1-2H3. The van der Waals surface area contributed by atoms with E-state index in [-0.39, 0.29) is 0 Å². The van der Waals surface area contributed by atoms with Gasteiger partial charge in [-0.05, 0) is 60.8 Å². The molecule has 1 heterocycles. The number of hydrogen-bond donors (Lipinski definition) is 0. The smallest absolute Gasteiger partial charge is 0.0379 e. The molecule has 0 fully saturated rings. The Morgan fingerprint density at radius 3 is 1.84 bits per heavy atom. The zero-order chi connectivity index (χ0) is 23.6. The Balaban J connectivity index is 0.000000433. The van der Waals surface area contributed by atoms with Gasteiger partial charge in [-0.15, -0.1) is 11.3 Å². The second kappa shape index (κ2) is 18.6. The van der Waals surface area contributed by atoms with E-state index in [0.29, 0.717) is 0 Å². The van der Waals surface area contributed by atoms with Gasteiger partial charge in [0.2, 0.25) is 0 Å². The van der Waals surface area contributed by atoms with Gasteiger partial charge in [-0.1, -0.05) is 129 Å². The third-order valence-corrected chi connectivity index (χ3v) is 7.99. The number of hydrogen-bond acceptors (Lipinski definition) is 1. The normalized spacial score (nSPS) is 14.1. The van der Waals surface area contributed by atoms with E-state index in [1.165, 1.54) is 102 Å². The SMILES string of the molecule is CCCCCC(CCCC)C1=c2scc(C)c2=C(C)CC=C1.CCCCCCCCCC. The molecule has 0 saturated carbocycles. The zero-order valence-electron chi connectivity index (χ0n) is 22.5. The van der Waals surface area contributed by atoms with Crippen molar-refractivity contribution in [2.24, 2.45) is 5.92 Å². The van der Waals surface area contributed by atoms with Crippen LogP contribution in [-0.2, 0) is 0 Å². The van der Waals surface area contributed by atoms with Gasteiger partial charge in [-0.3, -0.25) is 0 Å². The second-order valence-electron chi connectivity index (χ2n) is 9.92. The zero-order valence-corrected chi connectivity index (χ0v) is 23.3. The molecule has 2 rings (SSSR count). The fourth-order valence-corrected chi connectivity index (χ4v) is 6.04. The van der Waals surface area contributed by atoms with Crippen LogP contribution in [0.15, 0.2) is 17.5 Å². The maximum absolute atomic E-state index is 2.46. The molecular weight excluding hydrogens is 404 g/mol. The summed E-state index contributed by atoms with van der Waals surface area (Å²) in [6.45, 7) is 13.7. The van der Waals surface area contributed by atoms with Gasteiger partial charge in [-0.25, -0.2) is 0 Å². The van der Waals surface area contributed by atoms with E-state index in [0.717, 1.165) is 12.3 Å². The molecule has 0 bridgehead atoms. The molecule has 0 spiro atoms. The van der Waals surface area contributed by atoms with Crippen LogP contribution in [0, 0.1) is 12.8 Å². The summed E-state index contributed by atoms with van der Waals surface area (Å²) >= 11 is 1.97. The van der Waals surface area contributed by atoms with E-state index in [1.807, 2.05) is 11.3 Å². The number of fused-ring (bicyclic) bond motifs is 1.